The minimum absolute atomic E-state index is 0.0291. The molecule has 0 aliphatic heterocycles. The van der Waals surface area contributed by atoms with Gasteiger partial charge in [0.05, 0.1) is 0 Å². The second kappa shape index (κ2) is 5.56. The first-order chi connectivity index (χ1) is 11.0. The third kappa shape index (κ3) is 2.76. The summed E-state index contributed by atoms with van der Waals surface area (Å²) in [5.41, 5.74) is 0.338. The van der Waals surface area contributed by atoms with Crippen LogP contribution in [0.1, 0.15) is 49.9 Å². The summed E-state index contributed by atoms with van der Waals surface area (Å²) in [6.45, 7) is 1.73. The van der Waals surface area contributed by atoms with Crippen molar-refractivity contribution in [1.29, 1.82) is 0 Å². The molecule has 4 aliphatic carbocycles. The fraction of sp³-hybridized carbons (Fsp3) is 0.765. The first-order valence-electron chi connectivity index (χ1n) is 8.61. The van der Waals surface area contributed by atoms with E-state index in [1.807, 2.05) is 0 Å². The maximum Gasteiger partial charge on any atom is 0.282 e. The maximum absolute atomic E-state index is 12.7. The molecule has 1 heterocycles. The Morgan fingerprint density at radius 1 is 1.26 bits per heavy atom. The van der Waals surface area contributed by atoms with E-state index in [-0.39, 0.29) is 24.2 Å². The molecule has 4 nitrogen and oxygen atoms in total. The number of aryl methyl sites for hydroxylation is 1. The van der Waals surface area contributed by atoms with E-state index in [1.165, 1.54) is 42.9 Å². The number of hydrogen-bond acceptors (Lipinski definition) is 2. The Morgan fingerprint density at radius 3 is 2.39 bits per heavy atom. The SMILES string of the molecule is Cc1cc(C(F)F)nn1CC(=O)NC1C2CC3CC(C2)CC1C3. The molecule has 4 bridgehead atoms. The monoisotopic (exact) mass is 323 g/mol. The molecule has 0 saturated heterocycles. The normalized spacial score (nSPS) is 35.0. The van der Waals surface area contributed by atoms with Gasteiger partial charge in [0.15, 0.2) is 0 Å². The van der Waals surface area contributed by atoms with Gasteiger partial charge in [-0.3, -0.25) is 9.48 Å². The highest BCUT2D eigenvalue weighted by Gasteiger charge is 2.48. The molecule has 4 aliphatic rings. The van der Waals surface area contributed by atoms with Crippen molar-refractivity contribution in [2.24, 2.45) is 23.7 Å². The van der Waals surface area contributed by atoms with Gasteiger partial charge in [-0.25, -0.2) is 8.78 Å². The van der Waals surface area contributed by atoms with Gasteiger partial charge in [0.25, 0.3) is 6.43 Å². The van der Waals surface area contributed by atoms with E-state index in [0.717, 1.165) is 11.8 Å². The first kappa shape index (κ1) is 15.1. The highest BCUT2D eigenvalue weighted by molar-refractivity contribution is 5.76. The van der Waals surface area contributed by atoms with E-state index in [1.54, 1.807) is 6.92 Å². The zero-order valence-electron chi connectivity index (χ0n) is 13.3. The Kier molecular flexibility index (Phi) is 3.65. The van der Waals surface area contributed by atoms with Crippen molar-refractivity contribution in [3.8, 4) is 0 Å². The molecule has 0 atom stereocenters. The van der Waals surface area contributed by atoms with E-state index in [2.05, 4.69) is 10.4 Å². The number of aromatic nitrogens is 2. The molecule has 23 heavy (non-hydrogen) atoms. The van der Waals surface area contributed by atoms with Crippen molar-refractivity contribution < 1.29 is 13.6 Å². The summed E-state index contributed by atoms with van der Waals surface area (Å²) in [6, 6.07) is 1.63. The molecule has 5 rings (SSSR count). The Labute approximate surface area is 134 Å². The number of hydrogen-bond donors (Lipinski definition) is 1. The van der Waals surface area contributed by atoms with Gasteiger partial charge in [-0.1, -0.05) is 0 Å². The highest BCUT2D eigenvalue weighted by Crippen LogP contribution is 2.53. The lowest BCUT2D eigenvalue weighted by Crippen LogP contribution is -2.56. The third-order valence-electron chi connectivity index (χ3n) is 6.07. The topological polar surface area (TPSA) is 46.9 Å². The van der Waals surface area contributed by atoms with Crippen LogP contribution in [0, 0.1) is 30.6 Å². The zero-order valence-corrected chi connectivity index (χ0v) is 13.3. The van der Waals surface area contributed by atoms with Gasteiger partial charge in [0.1, 0.15) is 12.2 Å². The van der Waals surface area contributed by atoms with Crippen molar-refractivity contribution in [3.05, 3.63) is 17.5 Å². The molecule has 1 aromatic heterocycles. The maximum atomic E-state index is 12.7. The van der Waals surface area contributed by atoms with Crippen LogP contribution in [0.2, 0.25) is 0 Å². The third-order valence-corrected chi connectivity index (χ3v) is 6.07. The van der Waals surface area contributed by atoms with Crippen LogP contribution in [0.5, 0.6) is 0 Å². The molecule has 1 aromatic rings. The largest absolute Gasteiger partial charge is 0.351 e. The second-order valence-electron chi connectivity index (χ2n) is 7.69. The highest BCUT2D eigenvalue weighted by atomic mass is 19.3. The molecule has 1 N–H and O–H groups in total. The summed E-state index contributed by atoms with van der Waals surface area (Å²) in [5.74, 6) is 2.87. The summed E-state index contributed by atoms with van der Waals surface area (Å²) in [4.78, 5) is 12.4. The van der Waals surface area contributed by atoms with Crippen LogP contribution in [0.15, 0.2) is 6.07 Å². The number of halogens is 2. The predicted molar refractivity (Wildman–Crippen MR) is 80.9 cm³/mol. The molecule has 0 unspecified atom stereocenters. The minimum Gasteiger partial charge on any atom is -0.351 e. The van der Waals surface area contributed by atoms with Crippen LogP contribution < -0.4 is 5.32 Å². The van der Waals surface area contributed by atoms with Crippen LogP contribution in [0.25, 0.3) is 0 Å². The van der Waals surface area contributed by atoms with Crippen molar-refractivity contribution in [1.82, 2.24) is 15.1 Å². The smallest absolute Gasteiger partial charge is 0.282 e. The van der Waals surface area contributed by atoms with Crippen LogP contribution >= 0.6 is 0 Å². The second-order valence-corrected chi connectivity index (χ2v) is 7.69. The molecular formula is C17H23F2N3O. The van der Waals surface area contributed by atoms with Gasteiger partial charge in [-0.05, 0) is 68.8 Å². The first-order valence-corrected chi connectivity index (χ1v) is 8.61. The molecule has 126 valence electrons. The standard InChI is InChI=1S/C17H23F2N3O/c1-9-2-14(17(18)19)21-22(9)8-15(23)20-16-12-4-10-3-11(6-12)7-13(16)5-10/h2,10-13,16-17H,3-8H2,1H3,(H,20,23). The van der Waals surface area contributed by atoms with E-state index in [9.17, 15) is 13.6 Å². The Morgan fingerprint density at radius 2 is 1.87 bits per heavy atom. The van der Waals surface area contributed by atoms with Crippen LogP contribution in [-0.4, -0.2) is 21.7 Å². The molecule has 0 spiro atoms. The van der Waals surface area contributed by atoms with E-state index in [4.69, 9.17) is 0 Å². The zero-order chi connectivity index (χ0) is 16.1. The van der Waals surface area contributed by atoms with Crippen LogP contribution in [0.3, 0.4) is 0 Å². The lowest BCUT2D eigenvalue weighted by atomic mass is 9.54. The average Bonchev–Trinajstić information content (AvgIpc) is 2.83. The van der Waals surface area contributed by atoms with Gasteiger partial charge in [-0.15, -0.1) is 0 Å². The molecule has 4 fully saturated rings. The van der Waals surface area contributed by atoms with Crippen molar-refractivity contribution in [2.75, 3.05) is 0 Å². The Balaban J connectivity index is 1.41. The lowest BCUT2D eigenvalue weighted by Gasteiger charge is -2.54. The number of carbonyl (C=O) groups is 1. The molecule has 4 saturated carbocycles. The quantitative estimate of drug-likeness (QED) is 0.925. The van der Waals surface area contributed by atoms with Crippen molar-refractivity contribution in [2.45, 2.75) is 58.0 Å². The Hall–Kier alpha value is -1.46. The van der Waals surface area contributed by atoms with Crippen molar-refractivity contribution in [3.63, 3.8) is 0 Å². The number of nitrogens with zero attached hydrogens (tertiary/aromatic N) is 2. The minimum atomic E-state index is -2.59. The number of carbonyl (C=O) groups excluding carboxylic acids is 1. The summed E-state index contributed by atoms with van der Waals surface area (Å²) in [5, 5.41) is 7.03. The number of amides is 1. The average molecular weight is 323 g/mol. The fourth-order valence-electron chi connectivity index (χ4n) is 5.33. The molecular weight excluding hydrogens is 300 g/mol. The van der Waals surface area contributed by atoms with Gasteiger partial charge in [-0.2, -0.15) is 5.10 Å². The molecule has 0 aromatic carbocycles. The number of alkyl halides is 2. The van der Waals surface area contributed by atoms with E-state index >= 15 is 0 Å². The summed E-state index contributed by atoms with van der Waals surface area (Å²) in [6.07, 6.45) is 3.77. The lowest BCUT2D eigenvalue weighted by molar-refractivity contribution is -0.125. The summed E-state index contributed by atoms with van der Waals surface area (Å²) >= 11 is 0. The van der Waals surface area contributed by atoms with E-state index < -0.39 is 6.43 Å². The summed E-state index contributed by atoms with van der Waals surface area (Å²) in [7, 11) is 0. The molecule has 1 amide bonds. The fourth-order valence-corrected chi connectivity index (χ4v) is 5.33. The van der Waals surface area contributed by atoms with Gasteiger partial charge < -0.3 is 5.32 Å². The van der Waals surface area contributed by atoms with Gasteiger partial charge >= 0.3 is 0 Å². The molecule has 0 radical (unpaired) electrons. The van der Waals surface area contributed by atoms with Gasteiger partial charge in [0, 0.05) is 11.7 Å². The van der Waals surface area contributed by atoms with Crippen LogP contribution in [0.4, 0.5) is 8.78 Å². The summed E-state index contributed by atoms with van der Waals surface area (Å²) < 4.78 is 26.8. The number of rotatable bonds is 4. The van der Waals surface area contributed by atoms with Crippen molar-refractivity contribution >= 4 is 5.91 Å². The predicted octanol–water partition coefficient (Wildman–Crippen LogP) is 3.07. The van der Waals surface area contributed by atoms with E-state index in [0.29, 0.717) is 17.5 Å². The van der Waals surface area contributed by atoms with Gasteiger partial charge in [0.2, 0.25) is 5.91 Å². The number of nitrogens with one attached hydrogen (secondary N) is 1. The van der Waals surface area contributed by atoms with Crippen LogP contribution in [-0.2, 0) is 11.3 Å². The Bertz CT molecular complexity index is 585. The molecule has 6 heteroatoms.